The van der Waals surface area contributed by atoms with E-state index in [0.29, 0.717) is 22.9 Å². The molecule has 0 saturated heterocycles. The highest BCUT2D eigenvalue weighted by Crippen LogP contribution is 2.31. The molecule has 1 aromatic carbocycles. The molecule has 0 atom stereocenters. The van der Waals surface area contributed by atoms with Gasteiger partial charge in [-0.05, 0) is 36.2 Å². The second kappa shape index (κ2) is 10.2. The molecular weight excluding hydrogens is 394 g/mol. The molecule has 3 aromatic rings. The van der Waals surface area contributed by atoms with E-state index in [1.807, 2.05) is 6.07 Å². The summed E-state index contributed by atoms with van der Waals surface area (Å²) in [5.41, 5.74) is 1.84. The van der Waals surface area contributed by atoms with Gasteiger partial charge in [-0.3, -0.25) is 9.78 Å². The number of ether oxygens (including phenoxy) is 1. The van der Waals surface area contributed by atoms with Crippen molar-refractivity contribution in [1.29, 1.82) is 0 Å². The molecule has 0 fully saturated rings. The van der Waals surface area contributed by atoms with Crippen molar-refractivity contribution in [3.05, 3.63) is 64.2 Å². The minimum atomic E-state index is -2.66. The second-order valence-corrected chi connectivity index (χ2v) is 7.47. The van der Waals surface area contributed by atoms with Gasteiger partial charge in [-0.1, -0.05) is 25.8 Å². The lowest BCUT2D eigenvalue weighted by Crippen LogP contribution is -2.05. The zero-order valence-corrected chi connectivity index (χ0v) is 16.9. The largest absolute Gasteiger partial charge is 0.493 e. The lowest BCUT2D eigenvalue weighted by molar-refractivity contribution is 0.0992. The molecule has 2 aromatic heterocycles. The highest BCUT2D eigenvalue weighted by atomic mass is 32.1. The normalized spacial score (nSPS) is 11.0. The summed E-state index contributed by atoms with van der Waals surface area (Å²) >= 11 is 1.24. The summed E-state index contributed by atoms with van der Waals surface area (Å²) in [7, 11) is 0. The predicted molar refractivity (Wildman–Crippen MR) is 110 cm³/mol. The first kappa shape index (κ1) is 21.0. The van der Waals surface area contributed by atoms with Gasteiger partial charge in [0, 0.05) is 29.8 Å². The van der Waals surface area contributed by atoms with Gasteiger partial charge in [-0.25, -0.2) is 13.8 Å². The minimum absolute atomic E-state index is 0.00975. The van der Waals surface area contributed by atoms with Crippen LogP contribution >= 0.6 is 11.3 Å². The molecule has 2 heterocycles. The van der Waals surface area contributed by atoms with Crippen LogP contribution in [0, 0.1) is 0 Å². The minimum Gasteiger partial charge on any atom is -0.493 e. The molecule has 4 nitrogen and oxygen atoms in total. The number of aromatic nitrogens is 2. The molecule has 0 spiro atoms. The van der Waals surface area contributed by atoms with Gasteiger partial charge in [-0.2, -0.15) is 0 Å². The Morgan fingerprint density at radius 2 is 2.10 bits per heavy atom. The first-order valence-electron chi connectivity index (χ1n) is 9.51. The highest BCUT2D eigenvalue weighted by molar-refractivity contribution is 7.12. The SMILES string of the molecule is CCCCCOc1ccc(CC(=O)c2nc(-c3cccnc3)cs2)cc1C(F)F. The van der Waals surface area contributed by atoms with E-state index in [2.05, 4.69) is 16.9 Å². The Morgan fingerprint density at radius 3 is 2.83 bits per heavy atom. The third kappa shape index (κ3) is 5.67. The number of nitrogens with zero attached hydrogens (tertiary/aromatic N) is 2. The Hall–Kier alpha value is -2.67. The van der Waals surface area contributed by atoms with Crippen LogP contribution in [0.25, 0.3) is 11.3 Å². The molecule has 152 valence electrons. The Labute approximate surface area is 172 Å². The molecule has 0 unspecified atom stereocenters. The molecular formula is C22H22F2N2O2S. The van der Waals surface area contributed by atoms with Crippen molar-refractivity contribution < 1.29 is 18.3 Å². The summed E-state index contributed by atoms with van der Waals surface area (Å²) in [5.74, 6) is -0.0256. The fraction of sp³-hybridized carbons (Fsp3) is 0.318. The molecule has 0 radical (unpaired) electrons. The number of rotatable bonds is 10. The molecule has 7 heteroatoms. The van der Waals surface area contributed by atoms with Gasteiger partial charge in [0.05, 0.1) is 17.9 Å². The topological polar surface area (TPSA) is 52.1 Å². The summed E-state index contributed by atoms with van der Waals surface area (Å²) < 4.78 is 32.4. The van der Waals surface area contributed by atoms with E-state index < -0.39 is 6.43 Å². The van der Waals surface area contributed by atoms with Crippen molar-refractivity contribution in [1.82, 2.24) is 9.97 Å². The number of carbonyl (C=O) groups is 1. The van der Waals surface area contributed by atoms with E-state index in [9.17, 15) is 13.6 Å². The number of benzene rings is 1. The lowest BCUT2D eigenvalue weighted by atomic mass is 10.0. The van der Waals surface area contributed by atoms with Crippen LogP contribution in [-0.4, -0.2) is 22.4 Å². The summed E-state index contributed by atoms with van der Waals surface area (Å²) in [5, 5.41) is 2.14. The van der Waals surface area contributed by atoms with E-state index in [1.165, 1.54) is 23.5 Å². The number of unbranched alkanes of at least 4 members (excludes halogenated alkanes) is 2. The maximum Gasteiger partial charge on any atom is 0.267 e. The van der Waals surface area contributed by atoms with Crippen LogP contribution in [0.1, 0.15) is 53.5 Å². The molecule has 0 bridgehead atoms. The van der Waals surface area contributed by atoms with Crippen molar-refractivity contribution in [3.63, 3.8) is 0 Å². The number of halogens is 2. The average molecular weight is 416 g/mol. The number of alkyl halides is 2. The van der Waals surface area contributed by atoms with E-state index in [4.69, 9.17) is 4.74 Å². The lowest BCUT2D eigenvalue weighted by Gasteiger charge is -2.12. The van der Waals surface area contributed by atoms with E-state index in [0.717, 1.165) is 24.8 Å². The molecule has 0 aliphatic rings. The first-order chi connectivity index (χ1) is 14.1. The van der Waals surface area contributed by atoms with Crippen LogP contribution in [0.4, 0.5) is 8.78 Å². The Bertz CT molecular complexity index is 945. The molecule has 0 aliphatic heterocycles. The zero-order valence-electron chi connectivity index (χ0n) is 16.1. The quantitative estimate of drug-likeness (QED) is 0.294. The van der Waals surface area contributed by atoms with Crippen LogP contribution in [-0.2, 0) is 6.42 Å². The molecule has 0 amide bonds. The predicted octanol–water partition coefficient (Wildman–Crippen LogP) is 6.14. The summed E-state index contributed by atoms with van der Waals surface area (Å²) in [6.45, 7) is 2.47. The third-order valence-corrected chi connectivity index (χ3v) is 5.26. The average Bonchev–Trinajstić information content (AvgIpc) is 3.23. The van der Waals surface area contributed by atoms with Gasteiger partial charge >= 0.3 is 0 Å². The van der Waals surface area contributed by atoms with Gasteiger partial charge in [0.25, 0.3) is 6.43 Å². The molecule has 0 aliphatic carbocycles. The maximum atomic E-state index is 13.5. The zero-order chi connectivity index (χ0) is 20.6. The van der Waals surface area contributed by atoms with E-state index in [1.54, 1.807) is 29.9 Å². The van der Waals surface area contributed by atoms with Crippen LogP contribution in [0.5, 0.6) is 5.75 Å². The number of hydrogen-bond acceptors (Lipinski definition) is 5. The maximum absolute atomic E-state index is 13.5. The monoisotopic (exact) mass is 416 g/mol. The van der Waals surface area contributed by atoms with Gasteiger partial charge in [0.1, 0.15) is 5.75 Å². The molecule has 29 heavy (non-hydrogen) atoms. The van der Waals surface area contributed by atoms with Gasteiger partial charge in [-0.15, -0.1) is 11.3 Å². The smallest absolute Gasteiger partial charge is 0.267 e. The standard InChI is InChI=1S/C22H22F2N2O2S/c1-2-3-4-10-28-20-8-7-15(11-17(20)21(23)24)12-19(27)22-26-18(14-29-22)16-6-5-9-25-13-16/h5-9,11,13-14,21H,2-4,10,12H2,1H3. The van der Waals surface area contributed by atoms with Gasteiger partial charge < -0.3 is 4.74 Å². The van der Waals surface area contributed by atoms with Crippen molar-refractivity contribution >= 4 is 17.1 Å². The fourth-order valence-electron chi connectivity index (χ4n) is 2.85. The van der Waals surface area contributed by atoms with E-state index >= 15 is 0 Å². The Morgan fingerprint density at radius 1 is 1.24 bits per heavy atom. The molecule has 3 rings (SSSR count). The number of ketones is 1. The first-order valence-corrected chi connectivity index (χ1v) is 10.4. The van der Waals surface area contributed by atoms with E-state index in [-0.39, 0.29) is 23.5 Å². The summed E-state index contributed by atoms with van der Waals surface area (Å²) in [6, 6.07) is 8.21. The van der Waals surface area contributed by atoms with Crippen LogP contribution in [0.3, 0.4) is 0 Å². The van der Waals surface area contributed by atoms with Crippen LogP contribution in [0.15, 0.2) is 48.1 Å². The van der Waals surface area contributed by atoms with Gasteiger partial charge in [0.2, 0.25) is 0 Å². The number of hydrogen-bond donors (Lipinski definition) is 0. The number of Topliss-reactive ketones (excluding diaryl/α,β-unsaturated/α-hetero) is 1. The van der Waals surface area contributed by atoms with Crippen LogP contribution in [0.2, 0.25) is 0 Å². The van der Waals surface area contributed by atoms with Crippen molar-refractivity contribution in [2.45, 2.75) is 39.0 Å². The molecule has 0 saturated carbocycles. The van der Waals surface area contributed by atoms with Crippen LogP contribution < -0.4 is 4.74 Å². The van der Waals surface area contributed by atoms with Crippen molar-refractivity contribution in [2.75, 3.05) is 6.61 Å². The Kier molecular flexibility index (Phi) is 7.41. The highest BCUT2D eigenvalue weighted by Gasteiger charge is 2.18. The second-order valence-electron chi connectivity index (χ2n) is 6.61. The summed E-state index contributed by atoms with van der Waals surface area (Å²) in [6.07, 6.45) is 3.54. The Balaban J connectivity index is 1.70. The summed E-state index contributed by atoms with van der Waals surface area (Å²) in [4.78, 5) is 21.0. The van der Waals surface area contributed by atoms with Crippen molar-refractivity contribution in [2.24, 2.45) is 0 Å². The number of thiazole rings is 1. The number of carbonyl (C=O) groups excluding carboxylic acids is 1. The van der Waals surface area contributed by atoms with Gasteiger partial charge in [0.15, 0.2) is 10.8 Å². The third-order valence-electron chi connectivity index (χ3n) is 4.38. The number of pyridine rings is 1. The van der Waals surface area contributed by atoms with Crippen molar-refractivity contribution in [3.8, 4) is 17.0 Å². The molecule has 0 N–H and O–H groups in total. The fourth-order valence-corrected chi connectivity index (χ4v) is 3.62.